The van der Waals surface area contributed by atoms with Gasteiger partial charge >= 0.3 is 0 Å². The highest BCUT2D eigenvalue weighted by Crippen LogP contribution is 2.11. The van der Waals surface area contributed by atoms with E-state index in [1.807, 2.05) is 31.2 Å². The fourth-order valence-electron chi connectivity index (χ4n) is 2.00. The summed E-state index contributed by atoms with van der Waals surface area (Å²) in [5, 5.41) is 17.5. The van der Waals surface area contributed by atoms with Crippen LogP contribution >= 0.6 is 0 Å². The quantitative estimate of drug-likeness (QED) is 0.484. The van der Waals surface area contributed by atoms with Crippen molar-refractivity contribution in [2.45, 2.75) is 19.9 Å². The predicted molar refractivity (Wildman–Crippen MR) is 93.1 cm³/mol. The summed E-state index contributed by atoms with van der Waals surface area (Å²) in [6, 6.07) is 13.1. The molecule has 0 spiro atoms. The average Bonchev–Trinajstić information content (AvgIpc) is 2.55. The van der Waals surface area contributed by atoms with Crippen molar-refractivity contribution in [2.75, 3.05) is 5.32 Å². The largest absolute Gasteiger partial charge is 0.374 e. The highest BCUT2D eigenvalue weighted by Gasteiger charge is 2.11. The molecule has 0 saturated heterocycles. The number of hydrogen-bond donors (Lipinski definition) is 2. The number of nitrogens with one attached hydrogen (secondary N) is 2. The van der Waals surface area contributed by atoms with Gasteiger partial charge in [0.05, 0.1) is 11.1 Å². The molecule has 2 rings (SSSR count). The zero-order valence-corrected chi connectivity index (χ0v) is 13.4. The minimum Gasteiger partial charge on any atom is -0.374 e. The fourth-order valence-corrected chi connectivity index (χ4v) is 2.00. The normalized spacial score (nSPS) is 11.9. The van der Waals surface area contributed by atoms with E-state index in [0.717, 1.165) is 11.3 Å². The van der Waals surface area contributed by atoms with E-state index >= 15 is 0 Å². The SMILES string of the molecule is Cc1cccc(N[C@@H](C)C(=O)N/N=C\c2ccc([N+](=O)[O-])cc2)c1. The Morgan fingerprint density at radius 2 is 1.96 bits per heavy atom. The maximum Gasteiger partial charge on any atom is 0.269 e. The summed E-state index contributed by atoms with van der Waals surface area (Å²) in [6.45, 7) is 3.71. The number of hydrogen-bond acceptors (Lipinski definition) is 5. The number of carbonyl (C=O) groups excluding carboxylic acids is 1. The second kappa shape index (κ2) is 7.87. The number of benzene rings is 2. The van der Waals surface area contributed by atoms with Crippen molar-refractivity contribution in [1.29, 1.82) is 0 Å². The van der Waals surface area contributed by atoms with Gasteiger partial charge in [0.15, 0.2) is 0 Å². The number of hydrazone groups is 1. The molecule has 2 aromatic carbocycles. The molecule has 0 aromatic heterocycles. The van der Waals surface area contributed by atoms with Crippen molar-refractivity contribution >= 4 is 23.5 Å². The van der Waals surface area contributed by atoms with Gasteiger partial charge < -0.3 is 5.32 Å². The number of aryl methyl sites for hydroxylation is 1. The standard InChI is InChI=1S/C17H18N4O3/c1-12-4-3-5-15(10-12)19-13(2)17(22)20-18-11-14-6-8-16(9-7-14)21(23)24/h3-11,13,19H,1-2H3,(H,20,22)/b18-11-/t13-/m0/s1. The molecule has 0 bridgehead atoms. The zero-order valence-electron chi connectivity index (χ0n) is 13.4. The van der Waals surface area contributed by atoms with Gasteiger partial charge in [-0.15, -0.1) is 0 Å². The Morgan fingerprint density at radius 1 is 1.25 bits per heavy atom. The van der Waals surface area contributed by atoms with Crippen molar-refractivity contribution in [2.24, 2.45) is 5.10 Å². The first-order chi connectivity index (χ1) is 11.5. The molecule has 124 valence electrons. The molecule has 0 aliphatic rings. The molecule has 0 fully saturated rings. The summed E-state index contributed by atoms with van der Waals surface area (Å²) in [5.74, 6) is -0.283. The number of nitro benzene ring substituents is 1. The van der Waals surface area contributed by atoms with Gasteiger partial charge in [-0.2, -0.15) is 5.10 Å². The van der Waals surface area contributed by atoms with Gasteiger partial charge in [-0.05, 0) is 49.2 Å². The molecule has 1 atom stereocenters. The number of rotatable bonds is 6. The lowest BCUT2D eigenvalue weighted by Gasteiger charge is -2.13. The molecule has 2 N–H and O–H groups in total. The molecular weight excluding hydrogens is 308 g/mol. The summed E-state index contributed by atoms with van der Waals surface area (Å²) < 4.78 is 0. The molecule has 24 heavy (non-hydrogen) atoms. The van der Waals surface area contributed by atoms with Crippen molar-refractivity contribution < 1.29 is 9.72 Å². The van der Waals surface area contributed by atoms with Gasteiger partial charge in [0.25, 0.3) is 11.6 Å². The molecule has 0 radical (unpaired) electrons. The van der Waals surface area contributed by atoms with Crippen molar-refractivity contribution in [3.8, 4) is 0 Å². The Balaban J connectivity index is 1.88. The van der Waals surface area contributed by atoms with Crippen LogP contribution in [-0.2, 0) is 4.79 Å². The Hall–Kier alpha value is -3.22. The Kier molecular flexibility index (Phi) is 5.62. The van der Waals surface area contributed by atoms with Crippen LogP contribution in [0.3, 0.4) is 0 Å². The molecule has 0 aliphatic heterocycles. The zero-order chi connectivity index (χ0) is 17.5. The van der Waals surface area contributed by atoms with Crippen molar-refractivity contribution in [3.63, 3.8) is 0 Å². The summed E-state index contributed by atoms with van der Waals surface area (Å²) in [6.07, 6.45) is 1.43. The Morgan fingerprint density at radius 3 is 2.58 bits per heavy atom. The van der Waals surface area contributed by atoms with Crippen LogP contribution < -0.4 is 10.7 Å². The number of nitro groups is 1. The number of non-ortho nitro benzene ring substituents is 1. The van der Waals surface area contributed by atoms with Gasteiger partial charge in [0, 0.05) is 17.8 Å². The van der Waals surface area contributed by atoms with E-state index in [-0.39, 0.29) is 11.6 Å². The molecule has 0 aliphatic carbocycles. The van der Waals surface area contributed by atoms with Crippen LogP contribution in [0.2, 0.25) is 0 Å². The van der Waals surface area contributed by atoms with Crippen LogP contribution in [0, 0.1) is 17.0 Å². The molecule has 0 saturated carbocycles. The Bertz CT molecular complexity index is 757. The van der Waals surface area contributed by atoms with E-state index in [1.165, 1.54) is 18.3 Å². The van der Waals surface area contributed by atoms with Gasteiger partial charge in [0.1, 0.15) is 6.04 Å². The number of nitrogens with zero attached hydrogens (tertiary/aromatic N) is 2. The third-order valence-electron chi connectivity index (χ3n) is 3.29. The molecule has 7 heteroatoms. The predicted octanol–water partition coefficient (Wildman–Crippen LogP) is 2.85. The van der Waals surface area contributed by atoms with Crippen molar-refractivity contribution in [3.05, 3.63) is 69.8 Å². The van der Waals surface area contributed by atoms with Gasteiger partial charge in [-0.3, -0.25) is 14.9 Å². The average molecular weight is 326 g/mol. The van der Waals surface area contributed by atoms with E-state index in [4.69, 9.17) is 0 Å². The maximum absolute atomic E-state index is 12.0. The summed E-state index contributed by atoms with van der Waals surface area (Å²) in [7, 11) is 0. The lowest BCUT2D eigenvalue weighted by atomic mass is 10.2. The third kappa shape index (κ3) is 4.91. The fraction of sp³-hybridized carbons (Fsp3) is 0.176. The second-order valence-electron chi connectivity index (χ2n) is 5.32. The lowest BCUT2D eigenvalue weighted by molar-refractivity contribution is -0.384. The highest BCUT2D eigenvalue weighted by atomic mass is 16.6. The molecule has 2 aromatic rings. The molecule has 0 heterocycles. The molecular formula is C17H18N4O3. The third-order valence-corrected chi connectivity index (χ3v) is 3.29. The van der Waals surface area contributed by atoms with E-state index in [2.05, 4.69) is 15.8 Å². The van der Waals surface area contributed by atoms with Gasteiger partial charge in [-0.1, -0.05) is 12.1 Å². The van der Waals surface area contributed by atoms with Crippen LogP contribution in [0.4, 0.5) is 11.4 Å². The van der Waals surface area contributed by atoms with Crippen molar-refractivity contribution in [1.82, 2.24) is 5.43 Å². The van der Waals surface area contributed by atoms with E-state index in [1.54, 1.807) is 19.1 Å². The minimum atomic E-state index is -0.471. The smallest absolute Gasteiger partial charge is 0.269 e. The number of anilines is 1. The summed E-state index contributed by atoms with van der Waals surface area (Å²) in [4.78, 5) is 22.1. The highest BCUT2D eigenvalue weighted by molar-refractivity contribution is 5.86. The van der Waals surface area contributed by atoms with Gasteiger partial charge in [-0.25, -0.2) is 5.43 Å². The molecule has 1 amide bonds. The Labute approximate surface area is 139 Å². The maximum atomic E-state index is 12.0. The van der Waals surface area contributed by atoms with Crippen LogP contribution in [-0.4, -0.2) is 23.1 Å². The number of amides is 1. The van der Waals surface area contributed by atoms with Crippen LogP contribution in [0.5, 0.6) is 0 Å². The van der Waals surface area contributed by atoms with E-state index < -0.39 is 11.0 Å². The van der Waals surface area contributed by atoms with E-state index in [0.29, 0.717) is 5.56 Å². The molecule has 7 nitrogen and oxygen atoms in total. The first-order valence-corrected chi connectivity index (χ1v) is 7.36. The monoisotopic (exact) mass is 326 g/mol. The second-order valence-corrected chi connectivity index (χ2v) is 5.32. The lowest BCUT2D eigenvalue weighted by Crippen LogP contribution is -2.34. The summed E-state index contributed by atoms with van der Waals surface area (Å²) >= 11 is 0. The van der Waals surface area contributed by atoms with Crippen LogP contribution in [0.1, 0.15) is 18.1 Å². The number of carbonyl (C=O) groups is 1. The van der Waals surface area contributed by atoms with E-state index in [9.17, 15) is 14.9 Å². The topological polar surface area (TPSA) is 96.6 Å². The minimum absolute atomic E-state index is 0.00663. The first kappa shape index (κ1) is 17.1. The van der Waals surface area contributed by atoms with Crippen LogP contribution in [0.25, 0.3) is 0 Å². The van der Waals surface area contributed by atoms with Crippen LogP contribution in [0.15, 0.2) is 53.6 Å². The summed E-state index contributed by atoms with van der Waals surface area (Å²) in [5.41, 5.74) is 5.06. The van der Waals surface area contributed by atoms with Gasteiger partial charge in [0.2, 0.25) is 0 Å². The first-order valence-electron chi connectivity index (χ1n) is 7.36. The molecule has 0 unspecified atom stereocenters.